The smallest absolute Gasteiger partial charge is 0.377 e. The Kier molecular flexibility index (Phi) is 2.66. The number of methoxy groups -OCH3 is 1. The Balaban J connectivity index is 2.57. The van der Waals surface area contributed by atoms with Gasteiger partial charge in [0.15, 0.2) is 0 Å². The molecule has 0 radical (unpaired) electrons. The molecule has 0 N–H and O–H groups in total. The monoisotopic (exact) mass is 234 g/mol. The van der Waals surface area contributed by atoms with Crippen molar-refractivity contribution in [1.29, 1.82) is 0 Å². The number of hydrogen-bond acceptors (Lipinski definition) is 1. The second-order valence-corrected chi connectivity index (χ2v) is 3.78. The highest BCUT2D eigenvalue weighted by Gasteiger charge is 2.38. The van der Waals surface area contributed by atoms with Crippen LogP contribution < -0.4 is 0 Å². The molecule has 0 heterocycles. The predicted molar refractivity (Wildman–Crippen MR) is 49.5 cm³/mol. The summed E-state index contributed by atoms with van der Waals surface area (Å²) in [5.74, 6) is -0.866. The van der Waals surface area contributed by atoms with Crippen LogP contribution in [-0.4, -0.2) is 7.11 Å². The first-order chi connectivity index (χ1) is 7.43. The maximum atomic E-state index is 13.1. The third-order valence-corrected chi connectivity index (χ3v) is 2.84. The number of ether oxygens (including phenoxy) is 1. The van der Waals surface area contributed by atoms with Crippen LogP contribution in [0.3, 0.4) is 0 Å². The Labute approximate surface area is 90.0 Å². The molecule has 2 rings (SSSR count). The van der Waals surface area contributed by atoms with Crippen LogP contribution in [-0.2, 0) is 17.3 Å². The predicted octanol–water partition coefficient (Wildman–Crippen LogP) is 3.48. The molecular formula is C11H10F4O. The van der Waals surface area contributed by atoms with Gasteiger partial charge in [-0.25, -0.2) is 4.39 Å². The normalized spacial score (nSPS) is 19.9. The van der Waals surface area contributed by atoms with Crippen molar-refractivity contribution < 1.29 is 22.3 Å². The van der Waals surface area contributed by atoms with Crippen molar-refractivity contribution in [2.45, 2.75) is 25.1 Å². The summed E-state index contributed by atoms with van der Waals surface area (Å²) < 4.78 is 56.1. The van der Waals surface area contributed by atoms with Gasteiger partial charge in [-0.1, -0.05) is 0 Å². The summed E-state index contributed by atoms with van der Waals surface area (Å²) in [5.41, 5.74) is -0.377. The molecule has 0 fully saturated rings. The first kappa shape index (κ1) is 11.4. The molecule has 0 amide bonds. The number of rotatable bonds is 1. The fourth-order valence-corrected chi connectivity index (χ4v) is 2.15. The van der Waals surface area contributed by atoms with Gasteiger partial charge < -0.3 is 4.74 Å². The zero-order chi connectivity index (χ0) is 11.9. The number of halogens is 4. The minimum Gasteiger partial charge on any atom is -0.377 e. The van der Waals surface area contributed by atoms with Crippen molar-refractivity contribution in [3.63, 3.8) is 0 Å². The molecule has 1 aliphatic rings. The zero-order valence-electron chi connectivity index (χ0n) is 8.57. The molecule has 0 bridgehead atoms. The quantitative estimate of drug-likeness (QED) is 0.676. The van der Waals surface area contributed by atoms with Gasteiger partial charge in [0.05, 0.1) is 11.7 Å². The summed E-state index contributed by atoms with van der Waals surface area (Å²) in [6, 6.07) is 1.68. The van der Waals surface area contributed by atoms with Gasteiger partial charge in [0.1, 0.15) is 5.82 Å². The standard InChI is InChI=1S/C11H10F4O/c1-16-10-3-2-7-8(10)4-6(12)5-9(7)11(13,14)15/h4-5,10H,2-3H2,1H3/t10-/m1/s1. The van der Waals surface area contributed by atoms with Gasteiger partial charge in [0.25, 0.3) is 0 Å². The van der Waals surface area contributed by atoms with Crippen molar-refractivity contribution in [3.8, 4) is 0 Å². The molecule has 1 atom stereocenters. The molecule has 88 valence electrons. The van der Waals surface area contributed by atoms with Crippen LogP contribution in [0.15, 0.2) is 12.1 Å². The van der Waals surface area contributed by atoms with Crippen LogP contribution in [0.5, 0.6) is 0 Å². The highest BCUT2D eigenvalue weighted by molar-refractivity contribution is 5.42. The summed E-state index contributed by atoms with van der Waals surface area (Å²) in [6.45, 7) is 0. The molecule has 0 aliphatic heterocycles. The highest BCUT2D eigenvalue weighted by atomic mass is 19.4. The van der Waals surface area contributed by atoms with E-state index in [0.717, 1.165) is 6.07 Å². The van der Waals surface area contributed by atoms with Crippen LogP contribution in [0, 0.1) is 5.82 Å². The van der Waals surface area contributed by atoms with E-state index in [0.29, 0.717) is 18.1 Å². The Hall–Kier alpha value is -1.10. The number of benzene rings is 1. The van der Waals surface area contributed by atoms with E-state index in [-0.39, 0.29) is 12.0 Å². The summed E-state index contributed by atoms with van der Waals surface area (Å²) in [5, 5.41) is 0. The van der Waals surface area contributed by atoms with Crippen LogP contribution in [0.1, 0.15) is 29.2 Å². The number of alkyl halides is 3. The largest absolute Gasteiger partial charge is 0.416 e. The van der Waals surface area contributed by atoms with Crippen molar-refractivity contribution >= 4 is 0 Å². The average molecular weight is 234 g/mol. The van der Waals surface area contributed by atoms with E-state index in [9.17, 15) is 17.6 Å². The van der Waals surface area contributed by atoms with Crippen LogP contribution >= 0.6 is 0 Å². The second-order valence-electron chi connectivity index (χ2n) is 3.78. The summed E-state index contributed by atoms with van der Waals surface area (Å²) >= 11 is 0. The Morgan fingerprint density at radius 1 is 1.31 bits per heavy atom. The van der Waals surface area contributed by atoms with E-state index in [4.69, 9.17) is 4.74 Å². The SMILES string of the molecule is CO[C@@H]1CCc2c1cc(F)cc2C(F)(F)F. The Morgan fingerprint density at radius 2 is 2.00 bits per heavy atom. The van der Waals surface area contributed by atoms with E-state index in [1.165, 1.54) is 7.11 Å². The number of hydrogen-bond donors (Lipinski definition) is 0. The van der Waals surface area contributed by atoms with Gasteiger partial charge in [-0.05, 0) is 36.1 Å². The van der Waals surface area contributed by atoms with Gasteiger partial charge in [0.2, 0.25) is 0 Å². The van der Waals surface area contributed by atoms with E-state index in [1.807, 2.05) is 0 Å². The molecular weight excluding hydrogens is 224 g/mol. The Morgan fingerprint density at radius 3 is 2.56 bits per heavy atom. The van der Waals surface area contributed by atoms with E-state index in [2.05, 4.69) is 0 Å². The van der Waals surface area contributed by atoms with Crippen molar-refractivity contribution in [1.82, 2.24) is 0 Å². The topological polar surface area (TPSA) is 9.23 Å². The fourth-order valence-electron chi connectivity index (χ4n) is 2.15. The van der Waals surface area contributed by atoms with Crippen LogP contribution in [0.2, 0.25) is 0 Å². The summed E-state index contributed by atoms with van der Waals surface area (Å²) in [4.78, 5) is 0. The molecule has 0 aromatic heterocycles. The van der Waals surface area contributed by atoms with Gasteiger partial charge in [0, 0.05) is 7.11 Å². The summed E-state index contributed by atoms with van der Waals surface area (Å²) in [7, 11) is 1.41. The lowest BCUT2D eigenvalue weighted by atomic mass is 10.0. The zero-order valence-corrected chi connectivity index (χ0v) is 8.57. The Bertz CT molecular complexity index is 411. The molecule has 0 unspecified atom stereocenters. The fraction of sp³-hybridized carbons (Fsp3) is 0.455. The molecule has 1 aliphatic carbocycles. The molecule has 5 heteroatoms. The van der Waals surface area contributed by atoms with Crippen molar-refractivity contribution in [2.75, 3.05) is 7.11 Å². The first-order valence-corrected chi connectivity index (χ1v) is 4.86. The van der Waals surface area contributed by atoms with Crippen LogP contribution in [0.4, 0.5) is 17.6 Å². The molecule has 1 nitrogen and oxygen atoms in total. The second kappa shape index (κ2) is 3.73. The molecule has 1 aromatic carbocycles. The molecule has 0 saturated heterocycles. The maximum Gasteiger partial charge on any atom is 0.416 e. The summed E-state index contributed by atoms with van der Waals surface area (Å²) in [6.07, 6.45) is -4.18. The van der Waals surface area contributed by atoms with Crippen LogP contribution in [0.25, 0.3) is 0 Å². The maximum absolute atomic E-state index is 13.1. The molecule has 0 saturated carbocycles. The third-order valence-electron chi connectivity index (χ3n) is 2.84. The third kappa shape index (κ3) is 1.80. The van der Waals surface area contributed by atoms with E-state index in [1.54, 1.807) is 0 Å². The minimum absolute atomic E-state index is 0.167. The minimum atomic E-state index is -4.51. The van der Waals surface area contributed by atoms with E-state index >= 15 is 0 Å². The first-order valence-electron chi connectivity index (χ1n) is 4.86. The van der Waals surface area contributed by atoms with E-state index < -0.39 is 23.7 Å². The lowest BCUT2D eigenvalue weighted by molar-refractivity contribution is -0.138. The lowest BCUT2D eigenvalue weighted by Gasteiger charge is -2.14. The van der Waals surface area contributed by atoms with Gasteiger partial charge in [-0.2, -0.15) is 13.2 Å². The van der Waals surface area contributed by atoms with Gasteiger partial charge >= 0.3 is 6.18 Å². The molecule has 1 aromatic rings. The lowest BCUT2D eigenvalue weighted by Crippen LogP contribution is -2.10. The molecule has 16 heavy (non-hydrogen) atoms. The van der Waals surface area contributed by atoms with Crippen molar-refractivity contribution in [3.05, 3.63) is 34.6 Å². The highest BCUT2D eigenvalue weighted by Crippen LogP contribution is 2.42. The average Bonchev–Trinajstić information content (AvgIpc) is 2.57. The number of fused-ring (bicyclic) bond motifs is 1. The van der Waals surface area contributed by atoms with Gasteiger partial charge in [-0.15, -0.1) is 0 Å². The molecule has 0 spiro atoms. The van der Waals surface area contributed by atoms with Crippen molar-refractivity contribution in [2.24, 2.45) is 0 Å². The van der Waals surface area contributed by atoms with Gasteiger partial charge in [-0.3, -0.25) is 0 Å².